The average molecular weight is 515 g/mol. The van der Waals surface area contributed by atoms with Crippen LogP contribution >= 0.6 is 27.7 Å². The maximum atomic E-state index is 12.5. The van der Waals surface area contributed by atoms with Gasteiger partial charge in [0.15, 0.2) is 11.0 Å². The highest BCUT2D eigenvalue weighted by Crippen LogP contribution is 2.23. The van der Waals surface area contributed by atoms with Crippen LogP contribution in [0.5, 0.6) is 5.75 Å². The molecule has 166 valence electrons. The van der Waals surface area contributed by atoms with Crippen molar-refractivity contribution in [1.29, 1.82) is 0 Å². The molecule has 1 heterocycles. The summed E-state index contributed by atoms with van der Waals surface area (Å²) in [6.45, 7) is 6.59. The van der Waals surface area contributed by atoms with Gasteiger partial charge in [-0.3, -0.25) is 4.79 Å². The molecule has 10 heteroatoms. The van der Waals surface area contributed by atoms with Crippen molar-refractivity contribution in [3.63, 3.8) is 0 Å². The number of phenols is 1. The number of hydrogen-bond donors (Lipinski definition) is 3. The molecule has 2 aromatic carbocycles. The number of nitrogens with zero attached hydrogens (tertiary/aromatic N) is 4. The Morgan fingerprint density at radius 2 is 2.09 bits per heavy atom. The molecule has 0 bridgehead atoms. The van der Waals surface area contributed by atoms with Crippen LogP contribution in [-0.4, -0.2) is 37.2 Å². The second kappa shape index (κ2) is 11.5. The molecule has 0 saturated heterocycles. The van der Waals surface area contributed by atoms with E-state index in [1.165, 1.54) is 18.0 Å². The summed E-state index contributed by atoms with van der Waals surface area (Å²) in [7, 11) is 0. The van der Waals surface area contributed by atoms with Crippen LogP contribution in [0, 0.1) is 0 Å². The lowest BCUT2D eigenvalue weighted by Crippen LogP contribution is -2.27. The van der Waals surface area contributed by atoms with E-state index in [0.717, 1.165) is 16.0 Å². The van der Waals surface area contributed by atoms with E-state index in [1.54, 1.807) is 31.2 Å². The Kier molecular flexibility index (Phi) is 8.46. The Morgan fingerprint density at radius 1 is 1.31 bits per heavy atom. The van der Waals surface area contributed by atoms with Crippen molar-refractivity contribution in [2.75, 3.05) is 5.32 Å². The smallest absolute Gasteiger partial charge is 0.253 e. The number of benzene rings is 2. The van der Waals surface area contributed by atoms with Crippen LogP contribution in [0.3, 0.4) is 0 Å². The molecule has 3 N–H and O–H groups in total. The van der Waals surface area contributed by atoms with Crippen LogP contribution in [0.1, 0.15) is 18.3 Å². The van der Waals surface area contributed by atoms with Gasteiger partial charge >= 0.3 is 0 Å². The number of aromatic hydroxyl groups is 1. The van der Waals surface area contributed by atoms with Crippen molar-refractivity contribution in [3.05, 3.63) is 77.0 Å². The van der Waals surface area contributed by atoms with E-state index >= 15 is 0 Å². The van der Waals surface area contributed by atoms with Crippen molar-refractivity contribution in [1.82, 2.24) is 20.2 Å². The van der Waals surface area contributed by atoms with Crippen LogP contribution in [-0.2, 0) is 17.9 Å². The normalized spacial score (nSPS) is 11.9. The van der Waals surface area contributed by atoms with E-state index in [2.05, 4.69) is 48.6 Å². The molecule has 3 aromatic rings. The topological polar surface area (TPSA) is 104 Å². The first-order valence-electron chi connectivity index (χ1n) is 9.78. The highest BCUT2D eigenvalue weighted by molar-refractivity contribution is 9.10. The number of carbonyl (C=O) groups is 1. The number of aromatic nitrogens is 3. The highest BCUT2D eigenvalue weighted by Gasteiger charge is 2.19. The molecule has 1 aromatic heterocycles. The lowest BCUT2D eigenvalue weighted by Gasteiger charge is -2.12. The summed E-state index contributed by atoms with van der Waals surface area (Å²) in [5, 5.41) is 25.8. The monoisotopic (exact) mass is 514 g/mol. The third kappa shape index (κ3) is 6.44. The first-order chi connectivity index (χ1) is 15.5. The number of hydrogen-bond acceptors (Lipinski definition) is 7. The van der Waals surface area contributed by atoms with Crippen molar-refractivity contribution < 1.29 is 9.90 Å². The summed E-state index contributed by atoms with van der Waals surface area (Å²) in [6.07, 6.45) is 3.15. The molecule has 0 radical (unpaired) electrons. The summed E-state index contributed by atoms with van der Waals surface area (Å²) in [6, 6.07) is 14.8. The van der Waals surface area contributed by atoms with Crippen LogP contribution in [0.25, 0.3) is 0 Å². The molecule has 0 aliphatic carbocycles. The number of amides is 1. The molecule has 1 atom stereocenters. The van der Waals surface area contributed by atoms with Crippen molar-refractivity contribution >= 4 is 45.5 Å². The van der Waals surface area contributed by atoms with E-state index < -0.39 is 5.25 Å². The summed E-state index contributed by atoms with van der Waals surface area (Å²) < 4.78 is 2.71. The van der Waals surface area contributed by atoms with Gasteiger partial charge in [0.1, 0.15) is 5.75 Å². The maximum absolute atomic E-state index is 12.5. The first kappa shape index (κ1) is 23.6. The third-order valence-electron chi connectivity index (χ3n) is 4.35. The van der Waals surface area contributed by atoms with Gasteiger partial charge in [0.25, 0.3) is 5.91 Å². The van der Waals surface area contributed by atoms with Crippen molar-refractivity contribution in [2.24, 2.45) is 5.10 Å². The van der Waals surface area contributed by atoms with Gasteiger partial charge in [-0.2, -0.15) is 5.10 Å². The zero-order chi connectivity index (χ0) is 22.9. The van der Waals surface area contributed by atoms with Crippen LogP contribution < -0.4 is 10.7 Å². The predicted octanol–water partition coefficient (Wildman–Crippen LogP) is 4.18. The van der Waals surface area contributed by atoms with Crippen LogP contribution in [0.2, 0.25) is 0 Å². The van der Waals surface area contributed by atoms with E-state index in [1.807, 2.05) is 34.9 Å². The summed E-state index contributed by atoms with van der Waals surface area (Å²) in [5.74, 6) is 0.521. The Hall–Kier alpha value is -3.11. The molecule has 0 aliphatic rings. The lowest BCUT2D eigenvalue weighted by molar-refractivity contribution is -0.120. The quantitative estimate of drug-likeness (QED) is 0.162. The van der Waals surface area contributed by atoms with Gasteiger partial charge in [-0.15, -0.1) is 16.8 Å². The van der Waals surface area contributed by atoms with E-state index in [0.29, 0.717) is 23.8 Å². The molecule has 0 fully saturated rings. The van der Waals surface area contributed by atoms with E-state index in [9.17, 15) is 9.90 Å². The second-order valence-corrected chi connectivity index (χ2v) is 8.94. The van der Waals surface area contributed by atoms with Gasteiger partial charge < -0.3 is 15.0 Å². The molecule has 0 unspecified atom stereocenters. The van der Waals surface area contributed by atoms with Crippen LogP contribution in [0.4, 0.5) is 5.69 Å². The number of hydrazone groups is 1. The number of carbonyl (C=O) groups excluding carboxylic acids is 1. The largest absolute Gasteiger partial charge is 0.507 e. The van der Waals surface area contributed by atoms with Gasteiger partial charge in [0.2, 0.25) is 0 Å². The van der Waals surface area contributed by atoms with E-state index in [4.69, 9.17) is 0 Å². The zero-order valence-corrected chi connectivity index (χ0v) is 19.8. The first-order valence-corrected chi connectivity index (χ1v) is 11.4. The lowest BCUT2D eigenvalue weighted by atomic mass is 10.2. The Balaban J connectivity index is 1.61. The van der Waals surface area contributed by atoms with Gasteiger partial charge in [-0.25, -0.2) is 5.43 Å². The molecule has 0 aliphatic heterocycles. The number of rotatable bonds is 10. The fourth-order valence-electron chi connectivity index (χ4n) is 2.68. The van der Waals surface area contributed by atoms with Gasteiger partial charge in [-0.05, 0) is 37.3 Å². The molecule has 1 amide bonds. The molecule has 8 nitrogen and oxygen atoms in total. The number of para-hydroxylation sites is 1. The predicted molar refractivity (Wildman–Crippen MR) is 131 cm³/mol. The molecular formula is C22H23BrN6O2S. The minimum Gasteiger partial charge on any atom is -0.507 e. The maximum Gasteiger partial charge on any atom is 0.253 e. The summed E-state index contributed by atoms with van der Waals surface area (Å²) >= 11 is 4.62. The van der Waals surface area contributed by atoms with Crippen molar-refractivity contribution in [2.45, 2.75) is 30.4 Å². The Bertz CT molecular complexity index is 1100. The number of phenolic OH excluding ortho intramolecular Hbond substituents is 1. The molecule has 0 spiro atoms. The van der Waals surface area contributed by atoms with Gasteiger partial charge in [0, 0.05) is 22.3 Å². The fraction of sp³-hybridized carbons (Fsp3) is 0.182. The molecular weight excluding hydrogens is 492 g/mol. The number of anilines is 1. The number of nitrogens with one attached hydrogen (secondary N) is 2. The summed E-state index contributed by atoms with van der Waals surface area (Å²) in [5.41, 5.74) is 3.97. The number of allylic oxidation sites excluding steroid dienone is 1. The second-order valence-electron chi connectivity index (χ2n) is 6.72. The van der Waals surface area contributed by atoms with E-state index in [-0.39, 0.29) is 11.7 Å². The molecule has 32 heavy (non-hydrogen) atoms. The van der Waals surface area contributed by atoms with Gasteiger partial charge in [-0.1, -0.05) is 52.0 Å². The Labute approximate surface area is 199 Å². The number of halogens is 1. The molecule has 3 rings (SSSR count). The highest BCUT2D eigenvalue weighted by atomic mass is 79.9. The SMILES string of the molecule is C=CCn1c(CNc2ccccc2)nnc1S[C@H](C)C(=O)N/N=C\c1cc(Br)ccc1O. The molecule has 0 saturated carbocycles. The van der Waals surface area contributed by atoms with Gasteiger partial charge in [0.05, 0.1) is 18.0 Å². The minimum atomic E-state index is -0.467. The number of thioether (sulfide) groups is 1. The third-order valence-corrected chi connectivity index (χ3v) is 5.92. The standard InChI is InChI=1S/C22H23BrN6O2S/c1-3-11-29-20(14-24-18-7-5-4-6-8-18)26-28-22(29)32-15(2)21(31)27-25-13-16-12-17(23)9-10-19(16)30/h3-10,12-13,15,24,30H,1,11,14H2,2H3,(H,27,31)/b25-13-/t15-/m1/s1. The van der Waals surface area contributed by atoms with Crippen LogP contribution in [0.15, 0.2) is 75.9 Å². The average Bonchev–Trinajstić information content (AvgIpc) is 3.16. The Morgan fingerprint density at radius 3 is 2.84 bits per heavy atom. The zero-order valence-electron chi connectivity index (χ0n) is 17.4. The summed E-state index contributed by atoms with van der Waals surface area (Å²) in [4.78, 5) is 12.5. The fourth-order valence-corrected chi connectivity index (χ4v) is 3.93. The minimum absolute atomic E-state index is 0.0720. The van der Waals surface area contributed by atoms with Crippen molar-refractivity contribution in [3.8, 4) is 5.75 Å².